The smallest absolute Gasteiger partial charge is 0.134 e. The lowest BCUT2D eigenvalue weighted by atomic mass is 9.91. The van der Waals surface area contributed by atoms with Crippen molar-refractivity contribution in [1.29, 1.82) is 0 Å². The highest BCUT2D eigenvalue weighted by Crippen LogP contribution is 2.40. The first-order valence-corrected chi connectivity index (χ1v) is 7.17. The molecule has 1 N–H and O–H groups in total. The molecule has 0 spiro atoms. The van der Waals surface area contributed by atoms with Gasteiger partial charge in [0.15, 0.2) is 0 Å². The van der Waals surface area contributed by atoms with Crippen LogP contribution < -0.4 is 4.90 Å². The van der Waals surface area contributed by atoms with Crippen molar-refractivity contribution in [1.82, 2.24) is 4.98 Å². The van der Waals surface area contributed by atoms with Crippen LogP contribution in [0.15, 0.2) is 18.3 Å². The number of aromatic nitrogens is 1. The second-order valence-electron chi connectivity index (χ2n) is 5.69. The molecule has 2 aliphatic rings. The number of hydrogen-bond acceptors (Lipinski definition) is 3. The minimum absolute atomic E-state index is 0.435. The van der Waals surface area contributed by atoms with Crippen molar-refractivity contribution in [3.05, 3.63) is 23.9 Å². The molecular weight excluding hydrogens is 224 g/mol. The van der Waals surface area contributed by atoms with Crippen molar-refractivity contribution >= 4 is 5.82 Å². The highest BCUT2D eigenvalue weighted by molar-refractivity contribution is 5.49. The first kappa shape index (κ1) is 12.0. The summed E-state index contributed by atoms with van der Waals surface area (Å²) >= 11 is 0. The highest BCUT2D eigenvalue weighted by atomic mass is 16.3. The predicted molar refractivity (Wildman–Crippen MR) is 72.6 cm³/mol. The number of rotatable bonds is 2. The van der Waals surface area contributed by atoms with Crippen LogP contribution in [-0.2, 0) is 0 Å². The van der Waals surface area contributed by atoms with Crippen molar-refractivity contribution in [3.8, 4) is 0 Å². The molecule has 0 aromatic carbocycles. The van der Waals surface area contributed by atoms with Crippen molar-refractivity contribution in [3.63, 3.8) is 0 Å². The number of piperidine rings is 1. The molecule has 1 aromatic rings. The molecule has 1 aromatic heterocycles. The van der Waals surface area contributed by atoms with Gasteiger partial charge in [0, 0.05) is 24.3 Å². The average Bonchev–Trinajstić information content (AvgIpc) is 2.86. The molecule has 2 fully saturated rings. The van der Waals surface area contributed by atoms with Gasteiger partial charge in [-0.2, -0.15) is 0 Å². The Hall–Kier alpha value is -1.09. The molecule has 0 radical (unpaired) electrons. The molecule has 1 saturated carbocycles. The summed E-state index contributed by atoms with van der Waals surface area (Å²) in [7, 11) is 0. The Morgan fingerprint density at radius 3 is 3.00 bits per heavy atom. The van der Waals surface area contributed by atoms with Gasteiger partial charge in [0.05, 0.1) is 6.10 Å². The zero-order valence-corrected chi connectivity index (χ0v) is 11.0. The summed E-state index contributed by atoms with van der Waals surface area (Å²) in [5, 5.41) is 9.91. The lowest BCUT2D eigenvalue weighted by Gasteiger charge is -2.39. The SMILES string of the molecule is C[C@H](O)c1cccnc1N1CCCC2CCCC21. The molecule has 3 heteroatoms. The van der Waals surface area contributed by atoms with Crippen molar-refractivity contribution in [2.75, 3.05) is 11.4 Å². The Balaban J connectivity index is 1.93. The second-order valence-corrected chi connectivity index (χ2v) is 5.69. The minimum Gasteiger partial charge on any atom is -0.389 e. The van der Waals surface area contributed by atoms with Gasteiger partial charge in [0.2, 0.25) is 0 Å². The van der Waals surface area contributed by atoms with Gasteiger partial charge in [0.1, 0.15) is 5.82 Å². The van der Waals surface area contributed by atoms with Gasteiger partial charge in [-0.25, -0.2) is 4.98 Å². The number of aliphatic hydroxyl groups excluding tert-OH is 1. The summed E-state index contributed by atoms with van der Waals surface area (Å²) in [6, 6.07) is 4.58. The third kappa shape index (κ3) is 2.01. The van der Waals surface area contributed by atoms with E-state index in [1.54, 1.807) is 0 Å². The maximum absolute atomic E-state index is 9.91. The average molecular weight is 246 g/mol. The van der Waals surface area contributed by atoms with E-state index in [9.17, 15) is 5.11 Å². The van der Waals surface area contributed by atoms with E-state index in [1.807, 2.05) is 25.3 Å². The topological polar surface area (TPSA) is 36.4 Å². The summed E-state index contributed by atoms with van der Waals surface area (Å²) < 4.78 is 0. The van der Waals surface area contributed by atoms with Crippen LogP contribution in [0.3, 0.4) is 0 Å². The fraction of sp³-hybridized carbons (Fsp3) is 0.667. The predicted octanol–water partition coefficient (Wildman–Crippen LogP) is 2.90. The molecule has 3 rings (SSSR count). The number of hydrogen-bond donors (Lipinski definition) is 1. The van der Waals surface area contributed by atoms with Gasteiger partial charge >= 0.3 is 0 Å². The molecular formula is C15H22N2O. The molecule has 1 aliphatic carbocycles. The van der Waals surface area contributed by atoms with E-state index in [0.29, 0.717) is 6.04 Å². The molecule has 18 heavy (non-hydrogen) atoms. The zero-order chi connectivity index (χ0) is 12.5. The van der Waals surface area contributed by atoms with E-state index >= 15 is 0 Å². The number of nitrogens with zero attached hydrogens (tertiary/aromatic N) is 2. The fourth-order valence-electron chi connectivity index (χ4n) is 3.69. The van der Waals surface area contributed by atoms with E-state index in [-0.39, 0.29) is 0 Å². The number of anilines is 1. The summed E-state index contributed by atoms with van der Waals surface area (Å²) in [5.74, 6) is 1.87. The van der Waals surface area contributed by atoms with Crippen LogP contribution in [0, 0.1) is 5.92 Å². The van der Waals surface area contributed by atoms with Gasteiger partial charge in [-0.15, -0.1) is 0 Å². The second kappa shape index (κ2) is 4.88. The van der Waals surface area contributed by atoms with Gasteiger partial charge in [-0.3, -0.25) is 0 Å². The maximum Gasteiger partial charge on any atom is 0.134 e. The third-order valence-corrected chi connectivity index (χ3v) is 4.53. The van der Waals surface area contributed by atoms with E-state index in [0.717, 1.165) is 23.8 Å². The Bertz CT molecular complexity index is 419. The van der Waals surface area contributed by atoms with E-state index in [4.69, 9.17) is 0 Å². The number of pyridine rings is 1. The van der Waals surface area contributed by atoms with Crippen LogP contribution in [0.2, 0.25) is 0 Å². The quantitative estimate of drug-likeness (QED) is 0.871. The Labute approximate surface area is 109 Å². The van der Waals surface area contributed by atoms with Crippen molar-refractivity contribution < 1.29 is 5.11 Å². The monoisotopic (exact) mass is 246 g/mol. The lowest BCUT2D eigenvalue weighted by Crippen LogP contribution is -2.43. The molecule has 3 atom stereocenters. The molecule has 0 bridgehead atoms. The van der Waals surface area contributed by atoms with Crippen LogP contribution in [0.4, 0.5) is 5.82 Å². The Morgan fingerprint density at radius 1 is 1.33 bits per heavy atom. The van der Waals surface area contributed by atoms with Crippen molar-refractivity contribution in [2.45, 2.75) is 51.2 Å². The maximum atomic E-state index is 9.91. The van der Waals surface area contributed by atoms with Crippen LogP contribution in [-0.4, -0.2) is 22.7 Å². The minimum atomic E-state index is -0.435. The zero-order valence-electron chi connectivity index (χ0n) is 11.0. The van der Waals surface area contributed by atoms with Gasteiger partial charge in [-0.05, 0) is 44.6 Å². The third-order valence-electron chi connectivity index (χ3n) is 4.53. The van der Waals surface area contributed by atoms with Gasteiger partial charge in [0.25, 0.3) is 0 Å². The Kier molecular flexibility index (Phi) is 3.25. The number of fused-ring (bicyclic) bond motifs is 1. The van der Waals surface area contributed by atoms with Crippen LogP contribution in [0.5, 0.6) is 0 Å². The van der Waals surface area contributed by atoms with E-state index < -0.39 is 6.10 Å². The molecule has 98 valence electrons. The summed E-state index contributed by atoms with van der Waals surface area (Å²) in [6.07, 6.45) is 8.06. The fourth-order valence-corrected chi connectivity index (χ4v) is 3.69. The number of aliphatic hydroxyl groups is 1. The van der Waals surface area contributed by atoms with E-state index in [2.05, 4.69) is 9.88 Å². The summed E-state index contributed by atoms with van der Waals surface area (Å²) in [4.78, 5) is 7.01. The highest BCUT2D eigenvalue weighted by Gasteiger charge is 2.36. The van der Waals surface area contributed by atoms with Crippen LogP contribution >= 0.6 is 0 Å². The lowest BCUT2D eigenvalue weighted by molar-refractivity contribution is 0.198. The molecule has 1 saturated heterocycles. The first-order valence-electron chi connectivity index (χ1n) is 7.17. The molecule has 2 unspecified atom stereocenters. The largest absolute Gasteiger partial charge is 0.389 e. The van der Waals surface area contributed by atoms with Gasteiger partial charge < -0.3 is 10.0 Å². The van der Waals surface area contributed by atoms with Crippen molar-refractivity contribution in [2.24, 2.45) is 5.92 Å². The summed E-state index contributed by atoms with van der Waals surface area (Å²) in [6.45, 7) is 2.93. The van der Waals surface area contributed by atoms with Gasteiger partial charge in [-0.1, -0.05) is 12.5 Å². The van der Waals surface area contributed by atoms with Crippen LogP contribution in [0.1, 0.15) is 50.7 Å². The first-order chi connectivity index (χ1) is 8.77. The summed E-state index contributed by atoms with van der Waals surface area (Å²) in [5.41, 5.74) is 0.977. The normalized spacial score (nSPS) is 29.1. The molecule has 1 aliphatic heterocycles. The Morgan fingerprint density at radius 2 is 2.17 bits per heavy atom. The molecule has 2 heterocycles. The molecule has 0 amide bonds. The van der Waals surface area contributed by atoms with Crippen LogP contribution in [0.25, 0.3) is 0 Å². The standard InChI is InChI=1S/C15H22N2O/c1-11(18)13-7-3-9-16-15(13)17-10-4-6-12-5-2-8-14(12)17/h3,7,9,11-12,14,18H,2,4-6,8,10H2,1H3/t11-,12?,14?/m0/s1. The van der Waals surface area contributed by atoms with E-state index in [1.165, 1.54) is 32.1 Å². The molecule has 3 nitrogen and oxygen atoms in total.